The summed E-state index contributed by atoms with van der Waals surface area (Å²) in [7, 11) is 0. The summed E-state index contributed by atoms with van der Waals surface area (Å²) in [4.78, 5) is 23.6. The van der Waals surface area contributed by atoms with E-state index in [1.165, 1.54) is 0 Å². The zero-order valence-corrected chi connectivity index (χ0v) is 14.3. The Hall–Kier alpha value is -2.08. The van der Waals surface area contributed by atoms with Crippen molar-refractivity contribution >= 4 is 17.7 Å². The number of carbonyl (C=O) groups excluding carboxylic acids is 1. The molecule has 0 saturated heterocycles. The van der Waals surface area contributed by atoms with E-state index in [0.717, 1.165) is 0 Å². The lowest BCUT2D eigenvalue weighted by Crippen LogP contribution is -2.40. The second-order valence-electron chi connectivity index (χ2n) is 7.32. The van der Waals surface area contributed by atoms with Crippen LogP contribution in [0, 0.1) is 0 Å². The van der Waals surface area contributed by atoms with Crippen LogP contribution in [-0.2, 0) is 14.9 Å². The summed E-state index contributed by atoms with van der Waals surface area (Å²) in [5.74, 6) is -0.873. The van der Waals surface area contributed by atoms with Crippen molar-refractivity contribution in [1.82, 2.24) is 0 Å². The number of hydrogen-bond donors (Lipinski definition) is 3. The van der Waals surface area contributed by atoms with Crippen molar-refractivity contribution in [3.8, 4) is 0 Å². The number of aliphatic hydroxyl groups excluding tert-OH is 1. The van der Waals surface area contributed by atoms with Crippen molar-refractivity contribution < 1.29 is 24.5 Å². The van der Waals surface area contributed by atoms with E-state index in [2.05, 4.69) is 5.32 Å². The highest BCUT2D eigenvalue weighted by Gasteiger charge is 2.43. The van der Waals surface area contributed by atoms with Gasteiger partial charge in [-0.2, -0.15) is 0 Å². The molecule has 0 spiro atoms. The molecule has 0 atom stereocenters. The molecule has 132 valence electrons. The predicted molar refractivity (Wildman–Crippen MR) is 90.1 cm³/mol. The van der Waals surface area contributed by atoms with Crippen molar-refractivity contribution in [2.45, 2.75) is 63.6 Å². The van der Waals surface area contributed by atoms with Crippen LogP contribution in [0.3, 0.4) is 0 Å². The normalized spacial score (nSPS) is 24.2. The van der Waals surface area contributed by atoms with Crippen LogP contribution in [0.25, 0.3) is 0 Å². The summed E-state index contributed by atoms with van der Waals surface area (Å²) >= 11 is 0. The molecule has 1 amide bonds. The Balaban J connectivity index is 2.13. The quantitative estimate of drug-likeness (QED) is 0.788. The number of ether oxygens (including phenoxy) is 1. The molecule has 1 aliphatic rings. The molecule has 0 aliphatic heterocycles. The van der Waals surface area contributed by atoms with Gasteiger partial charge in [0.25, 0.3) is 0 Å². The molecule has 0 aromatic heterocycles. The van der Waals surface area contributed by atoms with Crippen LogP contribution >= 0.6 is 0 Å². The zero-order valence-electron chi connectivity index (χ0n) is 14.3. The molecule has 1 aliphatic carbocycles. The third-order valence-corrected chi connectivity index (χ3v) is 4.30. The Labute approximate surface area is 141 Å². The van der Waals surface area contributed by atoms with Crippen LogP contribution in [0.1, 0.15) is 52.0 Å². The molecular formula is C18H25NO5. The maximum atomic E-state index is 11.8. The summed E-state index contributed by atoms with van der Waals surface area (Å²) in [6.45, 7) is 5.34. The highest BCUT2D eigenvalue weighted by atomic mass is 16.6. The van der Waals surface area contributed by atoms with Gasteiger partial charge in [-0.3, -0.25) is 10.1 Å². The van der Waals surface area contributed by atoms with Gasteiger partial charge >= 0.3 is 12.1 Å². The number of nitrogens with one attached hydrogen (secondary N) is 1. The van der Waals surface area contributed by atoms with Crippen LogP contribution in [0.4, 0.5) is 10.5 Å². The zero-order chi connectivity index (χ0) is 18.0. The van der Waals surface area contributed by atoms with E-state index in [4.69, 9.17) is 4.74 Å². The third kappa shape index (κ3) is 4.26. The second kappa shape index (κ2) is 6.81. The molecule has 6 nitrogen and oxygen atoms in total. The predicted octanol–water partition coefficient (Wildman–Crippen LogP) is 3.29. The molecule has 1 fully saturated rings. The van der Waals surface area contributed by atoms with Crippen LogP contribution in [0.15, 0.2) is 24.3 Å². The van der Waals surface area contributed by atoms with Gasteiger partial charge in [-0.25, -0.2) is 4.79 Å². The number of amides is 1. The number of carboxylic acids is 1. The van der Waals surface area contributed by atoms with Gasteiger partial charge in [0.15, 0.2) is 0 Å². The number of hydrogen-bond acceptors (Lipinski definition) is 4. The first-order valence-corrected chi connectivity index (χ1v) is 8.14. The Kier molecular flexibility index (Phi) is 5.18. The fourth-order valence-corrected chi connectivity index (χ4v) is 3.02. The van der Waals surface area contributed by atoms with Gasteiger partial charge in [0, 0.05) is 5.69 Å². The minimum absolute atomic E-state index is 0.405. The van der Waals surface area contributed by atoms with Crippen molar-refractivity contribution in [2.75, 3.05) is 5.32 Å². The van der Waals surface area contributed by atoms with Crippen LogP contribution in [0.2, 0.25) is 0 Å². The highest BCUT2D eigenvalue weighted by Crippen LogP contribution is 2.40. The number of anilines is 1. The standard InChI is InChI=1S/C18H25NO5/c1-17(2,3)24-16(23)19-13-6-4-12(5-7-13)18(15(21)22)10-8-14(20)9-11-18/h4-7,14,20H,8-11H2,1-3H3,(H,19,23)(H,21,22). The third-order valence-electron chi connectivity index (χ3n) is 4.30. The minimum atomic E-state index is -0.969. The Morgan fingerprint density at radius 3 is 2.17 bits per heavy atom. The fourth-order valence-electron chi connectivity index (χ4n) is 3.02. The number of carbonyl (C=O) groups is 2. The number of benzene rings is 1. The van der Waals surface area contributed by atoms with E-state index >= 15 is 0 Å². The maximum absolute atomic E-state index is 11.8. The molecule has 1 aromatic rings. The summed E-state index contributed by atoms with van der Waals surface area (Å²) in [6.07, 6.45) is 0.786. The minimum Gasteiger partial charge on any atom is -0.481 e. The van der Waals surface area contributed by atoms with Gasteiger partial charge in [0.1, 0.15) is 5.60 Å². The van der Waals surface area contributed by atoms with E-state index in [-0.39, 0.29) is 0 Å². The first-order valence-electron chi connectivity index (χ1n) is 8.14. The van der Waals surface area contributed by atoms with Crippen molar-refractivity contribution in [3.63, 3.8) is 0 Å². The van der Waals surface area contributed by atoms with Gasteiger partial charge in [-0.1, -0.05) is 12.1 Å². The molecule has 1 saturated carbocycles. The lowest BCUT2D eigenvalue weighted by atomic mass is 9.69. The molecule has 0 heterocycles. The lowest BCUT2D eigenvalue weighted by Gasteiger charge is -2.35. The van der Waals surface area contributed by atoms with E-state index in [1.54, 1.807) is 45.0 Å². The van der Waals surface area contributed by atoms with E-state index < -0.39 is 29.2 Å². The molecule has 0 unspecified atom stereocenters. The second-order valence-corrected chi connectivity index (χ2v) is 7.32. The average Bonchev–Trinajstić information content (AvgIpc) is 2.47. The SMILES string of the molecule is CC(C)(C)OC(=O)Nc1ccc(C2(C(=O)O)CCC(O)CC2)cc1. The summed E-state index contributed by atoms with van der Waals surface area (Å²) in [5, 5.41) is 22.0. The molecule has 6 heteroatoms. The lowest BCUT2D eigenvalue weighted by molar-refractivity contribution is -0.146. The van der Waals surface area contributed by atoms with Crippen LogP contribution in [-0.4, -0.2) is 34.0 Å². The molecule has 3 N–H and O–H groups in total. The number of aliphatic carboxylic acids is 1. The molecule has 1 aromatic carbocycles. The average molecular weight is 335 g/mol. The largest absolute Gasteiger partial charge is 0.481 e. The molecule has 0 bridgehead atoms. The molecule has 24 heavy (non-hydrogen) atoms. The molecule has 2 rings (SSSR count). The Morgan fingerprint density at radius 1 is 1.17 bits per heavy atom. The molecular weight excluding hydrogens is 310 g/mol. The van der Waals surface area contributed by atoms with E-state index in [1.807, 2.05) is 0 Å². The first kappa shape index (κ1) is 18.3. The van der Waals surface area contributed by atoms with Gasteiger partial charge in [-0.05, 0) is 64.2 Å². The Morgan fingerprint density at radius 2 is 1.71 bits per heavy atom. The van der Waals surface area contributed by atoms with Gasteiger partial charge in [0.2, 0.25) is 0 Å². The fraction of sp³-hybridized carbons (Fsp3) is 0.556. The smallest absolute Gasteiger partial charge is 0.412 e. The van der Waals surface area contributed by atoms with Crippen LogP contribution < -0.4 is 5.32 Å². The number of rotatable bonds is 3. The van der Waals surface area contributed by atoms with Gasteiger partial charge in [-0.15, -0.1) is 0 Å². The molecule has 0 radical (unpaired) electrons. The summed E-state index contributed by atoms with van der Waals surface area (Å²) in [5.41, 5.74) is -0.315. The van der Waals surface area contributed by atoms with E-state index in [9.17, 15) is 19.8 Å². The number of carboxylic acid groups (broad SMARTS) is 1. The van der Waals surface area contributed by atoms with Crippen LogP contribution in [0.5, 0.6) is 0 Å². The summed E-state index contributed by atoms with van der Waals surface area (Å²) < 4.78 is 5.19. The number of aliphatic hydroxyl groups is 1. The van der Waals surface area contributed by atoms with Crippen molar-refractivity contribution in [2.24, 2.45) is 0 Å². The van der Waals surface area contributed by atoms with Gasteiger partial charge < -0.3 is 14.9 Å². The van der Waals surface area contributed by atoms with Crippen molar-refractivity contribution in [3.05, 3.63) is 29.8 Å². The monoisotopic (exact) mass is 335 g/mol. The first-order chi connectivity index (χ1) is 11.1. The summed E-state index contributed by atoms with van der Waals surface area (Å²) in [6, 6.07) is 6.79. The Bertz CT molecular complexity index is 595. The maximum Gasteiger partial charge on any atom is 0.412 e. The van der Waals surface area contributed by atoms with Gasteiger partial charge in [0.05, 0.1) is 11.5 Å². The topological polar surface area (TPSA) is 95.9 Å². The van der Waals surface area contributed by atoms with E-state index in [0.29, 0.717) is 36.9 Å². The highest BCUT2D eigenvalue weighted by molar-refractivity contribution is 5.85. The van der Waals surface area contributed by atoms with Crippen molar-refractivity contribution in [1.29, 1.82) is 0 Å².